The predicted molar refractivity (Wildman–Crippen MR) is 98.4 cm³/mol. The normalized spacial score (nSPS) is 23.8. The molecule has 4 rings (SSSR count). The number of fused-ring (bicyclic) bond motifs is 1. The van der Waals surface area contributed by atoms with Crippen LogP contribution in [-0.2, 0) is 11.8 Å². The number of carbonyl (C=O) groups excluding carboxylic acids is 1. The van der Waals surface area contributed by atoms with Crippen molar-refractivity contribution in [1.29, 1.82) is 0 Å². The number of rotatable bonds is 2. The van der Waals surface area contributed by atoms with E-state index in [9.17, 15) is 9.90 Å². The van der Waals surface area contributed by atoms with Crippen LogP contribution < -0.4 is 0 Å². The molecule has 1 aromatic carbocycles. The Labute approximate surface area is 146 Å². The van der Waals surface area contributed by atoms with E-state index in [4.69, 9.17) is 0 Å². The lowest BCUT2D eigenvalue weighted by atomic mass is 9.95. The molecular formula is C19H24N2O2S. The first kappa shape index (κ1) is 16.0. The minimum Gasteiger partial charge on any atom is -0.380 e. The highest BCUT2D eigenvalue weighted by Crippen LogP contribution is 2.36. The van der Waals surface area contributed by atoms with Crippen LogP contribution in [0.3, 0.4) is 0 Å². The number of aryl methyl sites for hydroxylation is 1. The third-order valence-corrected chi connectivity index (χ3v) is 6.55. The molecule has 0 aliphatic carbocycles. The lowest BCUT2D eigenvalue weighted by molar-refractivity contribution is -0.151. The van der Waals surface area contributed by atoms with Gasteiger partial charge in [-0.15, -0.1) is 0 Å². The maximum Gasteiger partial charge on any atom is 0.254 e. The Morgan fingerprint density at radius 2 is 2.04 bits per heavy atom. The van der Waals surface area contributed by atoms with Gasteiger partial charge in [0, 0.05) is 43.2 Å². The molecular weight excluding hydrogens is 320 g/mol. The molecule has 1 atom stereocenters. The first-order valence-electron chi connectivity index (χ1n) is 8.72. The summed E-state index contributed by atoms with van der Waals surface area (Å²) in [5.41, 5.74) is 1.44. The van der Waals surface area contributed by atoms with E-state index in [2.05, 4.69) is 42.1 Å². The fourth-order valence-electron chi connectivity index (χ4n) is 4.11. The molecule has 0 saturated carbocycles. The van der Waals surface area contributed by atoms with Crippen LogP contribution in [0, 0.1) is 0 Å². The predicted octanol–water partition coefficient (Wildman–Crippen LogP) is 2.75. The molecule has 2 aromatic rings. The number of benzene rings is 1. The van der Waals surface area contributed by atoms with E-state index in [-0.39, 0.29) is 5.91 Å². The van der Waals surface area contributed by atoms with Gasteiger partial charge in [-0.2, -0.15) is 11.8 Å². The molecule has 0 spiro atoms. The van der Waals surface area contributed by atoms with E-state index in [1.54, 1.807) is 0 Å². The van der Waals surface area contributed by atoms with Crippen molar-refractivity contribution < 1.29 is 9.90 Å². The number of carbonyl (C=O) groups is 1. The monoisotopic (exact) mass is 344 g/mol. The van der Waals surface area contributed by atoms with Crippen LogP contribution in [0.15, 0.2) is 30.5 Å². The van der Waals surface area contributed by atoms with Crippen LogP contribution in [0.2, 0.25) is 0 Å². The minimum atomic E-state index is -1.13. The van der Waals surface area contributed by atoms with E-state index in [0.29, 0.717) is 18.8 Å². The Bertz CT molecular complexity index is 764. The number of aromatic nitrogens is 1. The van der Waals surface area contributed by atoms with Crippen LogP contribution in [0.1, 0.15) is 30.7 Å². The van der Waals surface area contributed by atoms with Gasteiger partial charge in [-0.05, 0) is 42.4 Å². The maximum atomic E-state index is 12.8. The van der Waals surface area contributed by atoms with Crippen molar-refractivity contribution in [3.05, 3.63) is 36.0 Å². The number of hydrogen-bond donors (Lipinski definition) is 1. The number of nitrogens with zero attached hydrogens (tertiary/aromatic N) is 2. The van der Waals surface area contributed by atoms with Crippen LogP contribution in [0.5, 0.6) is 0 Å². The molecule has 24 heavy (non-hydrogen) atoms. The van der Waals surface area contributed by atoms with Crippen molar-refractivity contribution in [2.45, 2.75) is 30.8 Å². The number of thioether (sulfide) groups is 1. The number of para-hydroxylation sites is 1. The van der Waals surface area contributed by atoms with Gasteiger partial charge in [-0.1, -0.05) is 18.2 Å². The van der Waals surface area contributed by atoms with Gasteiger partial charge in [-0.3, -0.25) is 4.79 Å². The van der Waals surface area contributed by atoms with Gasteiger partial charge in [0.25, 0.3) is 5.91 Å². The molecule has 1 aromatic heterocycles. The first-order chi connectivity index (χ1) is 11.6. The van der Waals surface area contributed by atoms with Gasteiger partial charge >= 0.3 is 0 Å². The smallest absolute Gasteiger partial charge is 0.254 e. The zero-order chi connectivity index (χ0) is 16.7. The summed E-state index contributed by atoms with van der Waals surface area (Å²) in [4.78, 5) is 14.7. The summed E-state index contributed by atoms with van der Waals surface area (Å²) in [6, 6.07) is 8.44. The molecule has 3 heterocycles. The summed E-state index contributed by atoms with van der Waals surface area (Å²) in [6.45, 7) is 1.48. The van der Waals surface area contributed by atoms with Gasteiger partial charge < -0.3 is 14.6 Å². The second-order valence-electron chi connectivity index (χ2n) is 7.09. The van der Waals surface area contributed by atoms with Crippen molar-refractivity contribution in [1.82, 2.24) is 9.47 Å². The third kappa shape index (κ3) is 2.64. The summed E-state index contributed by atoms with van der Waals surface area (Å²) in [5, 5.41) is 12.0. The molecule has 5 heteroatoms. The summed E-state index contributed by atoms with van der Waals surface area (Å²) in [5.74, 6) is 2.07. The van der Waals surface area contributed by atoms with E-state index in [1.165, 1.54) is 16.5 Å². The van der Waals surface area contributed by atoms with Crippen molar-refractivity contribution in [2.75, 3.05) is 24.6 Å². The van der Waals surface area contributed by atoms with E-state index < -0.39 is 5.60 Å². The fraction of sp³-hybridized carbons (Fsp3) is 0.526. The average Bonchev–Trinajstić information content (AvgIpc) is 3.20. The second kappa shape index (κ2) is 6.12. The standard InChI is InChI=1S/C19H24N2O2S/c1-20-13-16(15-4-2-3-5-17(15)20)14-6-9-21(12-14)18(22)19(23)7-10-24-11-8-19/h2-5,13-14,23H,6-12H2,1H3. The van der Waals surface area contributed by atoms with Crippen molar-refractivity contribution >= 4 is 28.6 Å². The Morgan fingerprint density at radius 3 is 2.83 bits per heavy atom. The molecule has 1 N–H and O–H groups in total. The van der Waals surface area contributed by atoms with Crippen molar-refractivity contribution in [3.63, 3.8) is 0 Å². The Hall–Kier alpha value is -1.46. The van der Waals surface area contributed by atoms with Crippen LogP contribution >= 0.6 is 11.8 Å². The topological polar surface area (TPSA) is 45.5 Å². The minimum absolute atomic E-state index is 0.0504. The molecule has 4 nitrogen and oxygen atoms in total. The molecule has 0 radical (unpaired) electrons. The number of aliphatic hydroxyl groups is 1. The summed E-state index contributed by atoms with van der Waals surface area (Å²) in [7, 11) is 2.08. The van der Waals surface area contributed by atoms with E-state index in [0.717, 1.165) is 31.0 Å². The summed E-state index contributed by atoms with van der Waals surface area (Å²) in [6.07, 6.45) is 4.36. The van der Waals surface area contributed by atoms with Crippen LogP contribution in [-0.4, -0.2) is 50.7 Å². The van der Waals surface area contributed by atoms with E-state index >= 15 is 0 Å². The van der Waals surface area contributed by atoms with Gasteiger partial charge in [-0.25, -0.2) is 0 Å². The maximum absolute atomic E-state index is 12.8. The molecule has 2 aliphatic heterocycles. The SMILES string of the molecule is Cn1cc(C2CCN(C(=O)C3(O)CCSCC3)C2)c2ccccc21. The zero-order valence-electron chi connectivity index (χ0n) is 14.1. The van der Waals surface area contributed by atoms with Gasteiger partial charge in [0.1, 0.15) is 5.60 Å². The molecule has 2 saturated heterocycles. The highest BCUT2D eigenvalue weighted by Gasteiger charge is 2.42. The molecule has 0 bridgehead atoms. The Kier molecular flexibility index (Phi) is 4.09. The molecule has 1 amide bonds. The fourth-order valence-corrected chi connectivity index (χ4v) is 5.28. The number of amides is 1. The molecule has 128 valence electrons. The van der Waals surface area contributed by atoms with Gasteiger partial charge in [0.2, 0.25) is 0 Å². The Balaban J connectivity index is 1.55. The van der Waals surface area contributed by atoms with E-state index in [1.807, 2.05) is 16.7 Å². The highest BCUT2D eigenvalue weighted by atomic mass is 32.2. The molecule has 2 aliphatic rings. The highest BCUT2D eigenvalue weighted by molar-refractivity contribution is 7.99. The number of likely N-dealkylation sites (tertiary alicyclic amines) is 1. The average molecular weight is 344 g/mol. The first-order valence-corrected chi connectivity index (χ1v) is 9.87. The molecule has 1 unspecified atom stereocenters. The van der Waals surface area contributed by atoms with Gasteiger partial charge in [0.05, 0.1) is 0 Å². The summed E-state index contributed by atoms with van der Waals surface area (Å²) < 4.78 is 2.17. The van der Waals surface area contributed by atoms with Crippen LogP contribution in [0.25, 0.3) is 10.9 Å². The van der Waals surface area contributed by atoms with Crippen molar-refractivity contribution in [2.24, 2.45) is 7.05 Å². The largest absolute Gasteiger partial charge is 0.380 e. The number of hydrogen-bond acceptors (Lipinski definition) is 3. The lowest BCUT2D eigenvalue weighted by Crippen LogP contribution is -2.50. The van der Waals surface area contributed by atoms with Crippen molar-refractivity contribution in [3.8, 4) is 0 Å². The third-order valence-electron chi connectivity index (χ3n) is 5.56. The zero-order valence-corrected chi connectivity index (χ0v) is 14.9. The lowest BCUT2D eigenvalue weighted by Gasteiger charge is -2.34. The second-order valence-corrected chi connectivity index (χ2v) is 8.32. The molecule has 2 fully saturated rings. The van der Waals surface area contributed by atoms with Gasteiger partial charge in [0.15, 0.2) is 0 Å². The summed E-state index contributed by atoms with van der Waals surface area (Å²) >= 11 is 1.83. The van der Waals surface area contributed by atoms with Crippen LogP contribution in [0.4, 0.5) is 0 Å². The quantitative estimate of drug-likeness (QED) is 0.911. The Morgan fingerprint density at radius 1 is 1.29 bits per heavy atom.